The second-order valence-electron chi connectivity index (χ2n) is 10.8. The van der Waals surface area contributed by atoms with Crippen molar-refractivity contribution in [2.45, 2.75) is 57.8 Å². The number of anilines is 3. The van der Waals surface area contributed by atoms with Crippen LogP contribution in [-0.4, -0.2) is 30.8 Å². The van der Waals surface area contributed by atoms with Gasteiger partial charge in [0.25, 0.3) is 0 Å². The summed E-state index contributed by atoms with van der Waals surface area (Å²) in [6.07, 6.45) is 1.73. The summed E-state index contributed by atoms with van der Waals surface area (Å²) in [5.41, 5.74) is 11.8. The Morgan fingerprint density at radius 3 is 2.14 bits per heavy atom. The van der Waals surface area contributed by atoms with Gasteiger partial charge < -0.3 is 26.4 Å². The number of aromatic hydroxyl groups is 1. The molecular weight excluding hydrogens is 460 g/mol. The van der Waals surface area contributed by atoms with Crippen LogP contribution in [0, 0.1) is 0 Å². The lowest BCUT2D eigenvalue weighted by molar-refractivity contribution is 0.244. The number of para-hydroxylation sites is 1. The first-order chi connectivity index (χ1) is 17.7. The molecule has 5 N–H and O–H groups in total. The Morgan fingerprint density at radius 1 is 0.946 bits per heavy atom. The molecule has 1 heterocycles. The van der Waals surface area contributed by atoms with Crippen LogP contribution < -0.4 is 21.3 Å². The van der Waals surface area contributed by atoms with Gasteiger partial charge in [-0.15, -0.1) is 0 Å². The number of nitrogens with zero attached hydrogens (tertiary/aromatic N) is 1. The lowest BCUT2D eigenvalue weighted by atomic mass is 9.72. The Balaban J connectivity index is 1.55. The summed E-state index contributed by atoms with van der Waals surface area (Å²) in [7, 11) is 0. The summed E-state index contributed by atoms with van der Waals surface area (Å²) >= 11 is 0. The Kier molecular flexibility index (Phi) is 7.96. The first-order valence-electron chi connectivity index (χ1n) is 13.3. The summed E-state index contributed by atoms with van der Waals surface area (Å²) in [5, 5.41) is 16.6. The van der Waals surface area contributed by atoms with Crippen LogP contribution in [0.1, 0.15) is 69.1 Å². The molecule has 0 aromatic heterocycles. The van der Waals surface area contributed by atoms with Crippen molar-refractivity contribution in [3.05, 3.63) is 83.4 Å². The Labute approximate surface area is 220 Å². The number of amides is 2. The molecule has 0 atom stereocenters. The summed E-state index contributed by atoms with van der Waals surface area (Å²) in [6, 6.07) is 21.6. The summed E-state index contributed by atoms with van der Waals surface area (Å²) in [4.78, 5) is 15.7. The highest BCUT2D eigenvalue weighted by atomic mass is 16.3. The van der Waals surface area contributed by atoms with Gasteiger partial charge in [0.2, 0.25) is 0 Å². The van der Waals surface area contributed by atoms with Crippen LogP contribution in [0.5, 0.6) is 5.75 Å². The monoisotopic (exact) mass is 500 g/mol. The molecule has 6 heteroatoms. The zero-order valence-corrected chi connectivity index (χ0v) is 22.4. The topological polar surface area (TPSA) is 90.6 Å². The second kappa shape index (κ2) is 11.2. The van der Waals surface area contributed by atoms with Gasteiger partial charge >= 0.3 is 6.03 Å². The van der Waals surface area contributed by atoms with E-state index in [1.165, 1.54) is 5.69 Å². The molecule has 3 aromatic rings. The van der Waals surface area contributed by atoms with Crippen molar-refractivity contribution in [1.29, 1.82) is 0 Å². The quantitative estimate of drug-likeness (QED) is 0.276. The van der Waals surface area contributed by atoms with Gasteiger partial charge in [0.15, 0.2) is 0 Å². The molecule has 196 valence electrons. The van der Waals surface area contributed by atoms with Gasteiger partial charge in [0.1, 0.15) is 5.75 Å². The van der Waals surface area contributed by atoms with E-state index in [2.05, 4.69) is 73.6 Å². The lowest BCUT2D eigenvalue weighted by Crippen LogP contribution is -2.49. The number of phenols is 1. The highest BCUT2D eigenvalue weighted by Gasteiger charge is 2.37. The van der Waals surface area contributed by atoms with E-state index in [1.807, 2.05) is 30.3 Å². The second-order valence-corrected chi connectivity index (χ2v) is 10.8. The fourth-order valence-corrected chi connectivity index (χ4v) is 5.41. The molecule has 37 heavy (non-hydrogen) atoms. The first kappa shape index (κ1) is 26.4. The van der Waals surface area contributed by atoms with Crippen LogP contribution in [0.25, 0.3) is 0 Å². The molecule has 1 aliphatic heterocycles. The normalized spacial score (nSPS) is 15.1. The van der Waals surface area contributed by atoms with E-state index in [0.717, 1.165) is 48.3 Å². The molecule has 0 spiro atoms. The van der Waals surface area contributed by atoms with Crippen molar-refractivity contribution in [3.63, 3.8) is 0 Å². The fourth-order valence-electron chi connectivity index (χ4n) is 5.41. The smallest absolute Gasteiger partial charge is 0.319 e. The predicted octanol–water partition coefficient (Wildman–Crippen LogP) is 6.58. The molecule has 0 saturated carbocycles. The number of carbonyl (C=O) groups is 1. The number of hydrogen-bond donors (Lipinski definition) is 4. The van der Waals surface area contributed by atoms with Gasteiger partial charge in [-0.2, -0.15) is 0 Å². The molecule has 2 amide bonds. The number of benzene rings is 3. The minimum Gasteiger partial charge on any atom is -0.508 e. The van der Waals surface area contributed by atoms with Crippen molar-refractivity contribution in [2.24, 2.45) is 0 Å². The molecule has 3 aromatic carbocycles. The van der Waals surface area contributed by atoms with E-state index in [4.69, 9.17) is 5.73 Å². The predicted molar refractivity (Wildman–Crippen MR) is 154 cm³/mol. The van der Waals surface area contributed by atoms with Crippen LogP contribution >= 0.6 is 0 Å². The van der Waals surface area contributed by atoms with E-state index < -0.39 is 0 Å². The highest BCUT2D eigenvalue weighted by Crippen LogP contribution is 2.38. The Hall–Kier alpha value is -3.67. The SMILES string of the molecule is CC(C)c1cc(N)cc(C(C)C)c1NC(=O)NCC1(c2cccc(O)c2)CCN(c2ccccc2)CC1. The third kappa shape index (κ3) is 6.01. The van der Waals surface area contributed by atoms with E-state index in [9.17, 15) is 9.90 Å². The molecule has 0 unspecified atom stereocenters. The Bertz CT molecular complexity index is 1190. The largest absolute Gasteiger partial charge is 0.508 e. The Morgan fingerprint density at radius 2 is 1.57 bits per heavy atom. The molecular formula is C31H40N4O2. The fraction of sp³-hybridized carbons (Fsp3) is 0.387. The van der Waals surface area contributed by atoms with Gasteiger partial charge in [-0.1, -0.05) is 58.0 Å². The number of hydrogen-bond acceptors (Lipinski definition) is 4. The van der Waals surface area contributed by atoms with Crippen molar-refractivity contribution < 1.29 is 9.90 Å². The number of phenolic OH excluding ortho intramolecular Hbond substituents is 1. The lowest BCUT2D eigenvalue weighted by Gasteiger charge is -2.43. The van der Waals surface area contributed by atoms with Crippen molar-refractivity contribution in [3.8, 4) is 5.75 Å². The number of urea groups is 1. The molecule has 0 bridgehead atoms. The van der Waals surface area contributed by atoms with Crippen LogP contribution in [-0.2, 0) is 5.41 Å². The van der Waals surface area contributed by atoms with E-state index in [1.54, 1.807) is 6.07 Å². The minimum absolute atomic E-state index is 0.220. The average molecular weight is 501 g/mol. The zero-order chi connectivity index (χ0) is 26.6. The average Bonchev–Trinajstić information content (AvgIpc) is 2.89. The van der Waals surface area contributed by atoms with Crippen LogP contribution in [0.15, 0.2) is 66.7 Å². The summed E-state index contributed by atoms with van der Waals surface area (Å²) < 4.78 is 0. The molecule has 1 saturated heterocycles. The number of nitrogens with one attached hydrogen (secondary N) is 2. The number of piperidine rings is 1. The van der Waals surface area contributed by atoms with Gasteiger partial charge in [-0.25, -0.2) is 4.79 Å². The van der Waals surface area contributed by atoms with Crippen LogP contribution in [0.2, 0.25) is 0 Å². The molecule has 0 radical (unpaired) electrons. The van der Waals surface area contributed by atoms with Gasteiger partial charge in [-0.05, 0) is 77.8 Å². The molecule has 4 rings (SSSR count). The van der Waals surface area contributed by atoms with Crippen molar-refractivity contribution in [1.82, 2.24) is 5.32 Å². The number of nitrogen functional groups attached to an aromatic ring is 1. The van der Waals surface area contributed by atoms with E-state index in [0.29, 0.717) is 12.2 Å². The van der Waals surface area contributed by atoms with Gasteiger partial charge in [0.05, 0.1) is 0 Å². The number of nitrogens with two attached hydrogens (primary N) is 1. The van der Waals surface area contributed by atoms with Gasteiger partial charge in [0, 0.05) is 42.1 Å². The molecule has 1 aliphatic rings. The van der Waals surface area contributed by atoms with Crippen molar-refractivity contribution in [2.75, 3.05) is 35.6 Å². The number of carbonyl (C=O) groups excluding carboxylic acids is 1. The summed E-state index contributed by atoms with van der Waals surface area (Å²) in [5.74, 6) is 0.686. The third-order valence-electron chi connectivity index (χ3n) is 7.59. The van der Waals surface area contributed by atoms with Crippen molar-refractivity contribution >= 4 is 23.1 Å². The van der Waals surface area contributed by atoms with Crippen LogP contribution in [0.3, 0.4) is 0 Å². The third-order valence-corrected chi connectivity index (χ3v) is 7.59. The molecule has 1 fully saturated rings. The standard InChI is InChI=1S/C31H40N4O2/c1-21(2)27-18-24(32)19-28(22(3)4)29(27)34-30(37)33-20-31(23-9-8-12-26(36)17-23)13-15-35(16-14-31)25-10-6-5-7-11-25/h5-12,17-19,21-22,36H,13-16,20,32H2,1-4H3,(H2,33,34,37). The van der Waals surface area contributed by atoms with Gasteiger partial charge in [-0.3, -0.25) is 0 Å². The zero-order valence-electron chi connectivity index (χ0n) is 22.4. The van der Waals surface area contributed by atoms with Crippen LogP contribution in [0.4, 0.5) is 21.9 Å². The summed E-state index contributed by atoms with van der Waals surface area (Å²) in [6.45, 7) is 10.7. The maximum absolute atomic E-state index is 13.3. The molecule has 0 aliphatic carbocycles. The number of rotatable bonds is 7. The molecule has 6 nitrogen and oxygen atoms in total. The maximum Gasteiger partial charge on any atom is 0.319 e. The maximum atomic E-state index is 13.3. The highest BCUT2D eigenvalue weighted by molar-refractivity contribution is 5.92. The minimum atomic E-state index is -0.274. The van der Waals surface area contributed by atoms with E-state index in [-0.39, 0.29) is 29.0 Å². The van der Waals surface area contributed by atoms with E-state index >= 15 is 0 Å². The first-order valence-corrected chi connectivity index (χ1v) is 13.3.